The van der Waals surface area contributed by atoms with Crippen LogP contribution in [0.4, 0.5) is 4.79 Å². The van der Waals surface area contributed by atoms with Crippen molar-refractivity contribution in [2.75, 3.05) is 0 Å². The summed E-state index contributed by atoms with van der Waals surface area (Å²) >= 11 is 0. The molecule has 1 amide bonds. The molecule has 0 radical (unpaired) electrons. The largest absolute Gasteiger partial charge is 0.443 e. The summed E-state index contributed by atoms with van der Waals surface area (Å²) in [5, 5.41) is 0. The van der Waals surface area contributed by atoms with Crippen LogP contribution in [0.25, 0.3) is 0 Å². The van der Waals surface area contributed by atoms with Crippen molar-refractivity contribution in [1.82, 2.24) is 4.90 Å². The highest BCUT2D eigenvalue weighted by molar-refractivity contribution is 5.71. The van der Waals surface area contributed by atoms with Crippen molar-refractivity contribution in [1.29, 1.82) is 0 Å². The summed E-state index contributed by atoms with van der Waals surface area (Å²) < 4.78 is 5.26. The predicted octanol–water partition coefficient (Wildman–Crippen LogP) is 3.85. The number of ether oxygens (including phenoxy) is 1. The lowest BCUT2D eigenvalue weighted by Gasteiger charge is -2.26. The monoisotopic (exact) mass is 223 g/mol. The van der Waals surface area contributed by atoms with Gasteiger partial charge in [0.05, 0.1) is 0 Å². The molecule has 0 aliphatic heterocycles. The van der Waals surface area contributed by atoms with Gasteiger partial charge in [0.2, 0.25) is 0 Å². The Morgan fingerprint density at radius 1 is 1.38 bits per heavy atom. The Hall–Kier alpha value is -1.51. The first-order chi connectivity index (χ1) is 7.35. The number of nitrogens with zero attached hydrogens (tertiary/aromatic N) is 1. The molecule has 0 aliphatic rings. The van der Waals surface area contributed by atoms with Gasteiger partial charge in [-0.3, -0.25) is 4.90 Å². The Balaban J connectivity index is 4.85. The van der Waals surface area contributed by atoms with E-state index in [9.17, 15) is 4.79 Å². The molecule has 0 N–H and O–H groups in total. The highest BCUT2D eigenvalue weighted by atomic mass is 16.6. The zero-order valence-electron chi connectivity index (χ0n) is 10.6. The molecule has 0 unspecified atom stereocenters. The first kappa shape index (κ1) is 14.5. The number of hydrogen-bond donors (Lipinski definition) is 0. The third kappa shape index (κ3) is 4.82. The first-order valence-electron chi connectivity index (χ1n) is 5.32. The topological polar surface area (TPSA) is 29.5 Å². The third-order valence-electron chi connectivity index (χ3n) is 1.75. The van der Waals surface area contributed by atoms with Gasteiger partial charge in [-0.15, -0.1) is 0 Å². The maximum atomic E-state index is 11.8. The van der Waals surface area contributed by atoms with Gasteiger partial charge in [-0.25, -0.2) is 4.79 Å². The summed E-state index contributed by atoms with van der Waals surface area (Å²) in [4.78, 5) is 13.2. The second-order valence-corrected chi connectivity index (χ2v) is 4.28. The predicted molar refractivity (Wildman–Crippen MR) is 66.8 cm³/mol. The van der Waals surface area contributed by atoms with Crippen molar-refractivity contribution < 1.29 is 9.53 Å². The highest BCUT2D eigenvalue weighted by Gasteiger charge is 2.21. The number of carbonyl (C=O) groups is 1. The zero-order chi connectivity index (χ0) is 12.8. The van der Waals surface area contributed by atoms with Gasteiger partial charge in [-0.2, -0.15) is 0 Å². The van der Waals surface area contributed by atoms with E-state index in [1.807, 2.05) is 27.7 Å². The lowest BCUT2D eigenvalue weighted by atomic mass is 10.2. The first-order valence-corrected chi connectivity index (χ1v) is 5.32. The quantitative estimate of drug-likeness (QED) is 0.677. The van der Waals surface area contributed by atoms with E-state index in [1.165, 1.54) is 11.1 Å². The van der Waals surface area contributed by atoms with Crippen molar-refractivity contribution >= 4 is 6.09 Å². The summed E-state index contributed by atoms with van der Waals surface area (Å²) in [6.07, 6.45) is 5.15. The summed E-state index contributed by atoms with van der Waals surface area (Å²) in [6, 6.07) is 0. The molecule has 0 aromatic rings. The molecule has 0 aliphatic carbocycles. The van der Waals surface area contributed by atoms with Gasteiger partial charge in [-0.05, 0) is 33.3 Å². The Morgan fingerprint density at radius 2 is 1.94 bits per heavy atom. The minimum absolute atomic E-state index is 0.419. The third-order valence-corrected chi connectivity index (χ3v) is 1.75. The summed E-state index contributed by atoms with van der Waals surface area (Å²) in [5.74, 6) is 0. The molecule has 0 spiro atoms. The Labute approximate surface area is 98.1 Å². The molecule has 0 saturated heterocycles. The van der Waals surface area contributed by atoms with Crippen LogP contribution in [-0.4, -0.2) is 16.6 Å². The van der Waals surface area contributed by atoms with Crippen LogP contribution < -0.4 is 0 Å². The lowest BCUT2D eigenvalue weighted by molar-refractivity contribution is 0.0380. The van der Waals surface area contributed by atoms with Crippen LogP contribution in [0.5, 0.6) is 0 Å². The molecular formula is C13H21NO2. The number of rotatable bonds is 4. The number of hydrogen-bond acceptors (Lipinski definition) is 2. The van der Waals surface area contributed by atoms with Gasteiger partial charge in [0.15, 0.2) is 0 Å². The fourth-order valence-corrected chi connectivity index (χ4v) is 1.12. The van der Waals surface area contributed by atoms with Gasteiger partial charge in [0.25, 0.3) is 0 Å². The molecule has 90 valence electrons. The van der Waals surface area contributed by atoms with E-state index >= 15 is 0 Å². The summed E-state index contributed by atoms with van der Waals surface area (Å²) in [6.45, 7) is 14.7. The molecule has 0 rings (SSSR count). The van der Waals surface area contributed by atoms with Crippen LogP contribution in [0.3, 0.4) is 0 Å². The van der Waals surface area contributed by atoms with Crippen molar-refractivity contribution in [3.8, 4) is 0 Å². The van der Waals surface area contributed by atoms with E-state index in [1.54, 1.807) is 12.2 Å². The zero-order valence-corrected chi connectivity index (χ0v) is 10.6. The van der Waals surface area contributed by atoms with E-state index in [0.717, 1.165) is 5.70 Å². The molecule has 0 aromatic heterocycles. The average Bonchev–Trinajstić information content (AvgIpc) is 2.14. The van der Waals surface area contributed by atoms with Crippen molar-refractivity contribution in [2.24, 2.45) is 0 Å². The van der Waals surface area contributed by atoms with Crippen LogP contribution >= 0.6 is 0 Å². The van der Waals surface area contributed by atoms with E-state index in [2.05, 4.69) is 13.2 Å². The molecule has 3 heteroatoms. The highest BCUT2D eigenvalue weighted by Crippen LogP contribution is 2.16. The number of allylic oxidation sites excluding steroid dienone is 3. The van der Waals surface area contributed by atoms with Crippen LogP contribution in [0.2, 0.25) is 0 Å². The summed E-state index contributed by atoms with van der Waals surface area (Å²) in [7, 11) is 0. The molecule has 16 heavy (non-hydrogen) atoms. The van der Waals surface area contributed by atoms with E-state index in [4.69, 9.17) is 4.74 Å². The second-order valence-electron chi connectivity index (χ2n) is 4.28. The Bertz CT molecular complexity index is 298. The van der Waals surface area contributed by atoms with Gasteiger partial charge >= 0.3 is 6.09 Å². The molecule has 0 bridgehead atoms. The maximum absolute atomic E-state index is 11.8. The smallest absolute Gasteiger partial charge is 0.418 e. The van der Waals surface area contributed by atoms with Crippen LogP contribution in [-0.2, 0) is 4.74 Å². The van der Waals surface area contributed by atoms with Crippen molar-refractivity contribution in [3.05, 3.63) is 37.2 Å². The van der Waals surface area contributed by atoms with Crippen molar-refractivity contribution in [3.63, 3.8) is 0 Å². The average molecular weight is 223 g/mol. The molecule has 0 atom stereocenters. The van der Waals surface area contributed by atoms with E-state index < -0.39 is 11.7 Å². The van der Waals surface area contributed by atoms with Gasteiger partial charge < -0.3 is 4.74 Å². The van der Waals surface area contributed by atoms with Gasteiger partial charge in [0.1, 0.15) is 5.60 Å². The maximum Gasteiger partial charge on any atom is 0.418 e. The van der Waals surface area contributed by atoms with Crippen LogP contribution in [0, 0.1) is 0 Å². The van der Waals surface area contributed by atoms with Crippen molar-refractivity contribution in [2.45, 2.75) is 39.7 Å². The number of amides is 1. The molecular weight excluding hydrogens is 202 g/mol. The minimum Gasteiger partial charge on any atom is -0.443 e. The molecule has 0 heterocycles. The number of carbonyl (C=O) groups excluding carboxylic acids is 1. The Morgan fingerprint density at radius 3 is 2.25 bits per heavy atom. The Kier molecular flexibility index (Phi) is 5.57. The van der Waals surface area contributed by atoms with Gasteiger partial charge in [0, 0.05) is 11.9 Å². The second kappa shape index (κ2) is 6.16. The molecule has 0 saturated carbocycles. The molecule has 0 aromatic carbocycles. The fourth-order valence-electron chi connectivity index (χ4n) is 1.12. The SMILES string of the molecule is C=C/C=C(\CC)N(C=C)C(=O)OC(C)(C)C. The lowest BCUT2D eigenvalue weighted by Crippen LogP contribution is -2.32. The summed E-state index contributed by atoms with van der Waals surface area (Å²) in [5.41, 5.74) is 0.296. The fraction of sp³-hybridized carbons (Fsp3) is 0.462. The van der Waals surface area contributed by atoms with E-state index in [-0.39, 0.29) is 0 Å². The molecule has 0 fully saturated rings. The van der Waals surface area contributed by atoms with Crippen LogP contribution in [0.1, 0.15) is 34.1 Å². The minimum atomic E-state index is -0.509. The van der Waals surface area contributed by atoms with Crippen LogP contribution in [0.15, 0.2) is 37.2 Å². The normalized spacial score (nSPS) is 11.9. The van der Waals surface area contributed by atoms with E-state index in [0.29, 0.717) is 6.42 Å². The van der Waals surface area contributed by atoms with Gasteiger partial charge in [-0.1, -0.05) is 26.2 Å². The molecule has 3 nitrogen and oxygen atoms in total. The standard InChI is InChI=1S/C13H21NO2/c1-7-10-11(8-2)14(9-3)12(15)16-13(4,5)6/h7,9-10H,1,3,8H2,2,4-6H3/b11-10+.